The molecule has 0 fully saturated rings. The zero-order valence-corrected chi connectivity index (χ0v) is 36.0. The number of rotatable bonds is 10. The van der Waals surface area contributed by atoms with Crippen LogP contribution in [0, 0.1) is 23.3 Å². The van der Waals surface area contributed by atoms with E-state index in [1.54, 1.807) is 66.3 Å². The SMILES string of the molecule is CC(C)(C)OC(=O)N[C@@H](Cc1c[nH]c2cc(F)c(F)cc12)c1ncc(-c2ccccc2)[nH]1.CC(C)(C)OC(=O)N[C@H](Cc1c[nH]c2cc(F)c(F)cc12)c1ncc(-c2ccccc2)[nH]1. The average molecular weight is 877 g/mol. The minimum absolute atomic E-state index is 0.284. The molecule has 2 atom stereocenters. The van der Waals surface area contributed by atoms with Crippen molar-refractivity contribution < 1.29 is 36.6 Å². The summed E-state index contributed by atoms with van der Waals surface area (Å²) in [5.41, 5.74) is 4.50. The fraction of sp³-hybridized carbons (Fsp3) is 0.250. The van der Waals surface area contributed by atoms with Gasteiger partial charge in [-0.1, -0.05) is 60.7 Å². The van der Waals surface area contributed by atoms with Crippen molar-refractivity contribution >= 4 is 34.0 Å². The predicted molar refractivity (Wildman–Crippen MR) is 236 cm³/mol. The molecule has 4 heterocycles. The lowest BCUT2D eigenvalue weighted by atomic mass is 10.0. The molecule has 0 aliphatic carbocycles. The molecule has 8 rings (SSSR count). The number of hydrogen-bond donors (Lipinski definition) is 6. The van der Waals surface area contributed by atoms with Gasteiger partial charge in [0.1, 0.15) is 22.9 Å². The Balaban J connectivity index is 0.000000191. The molecular weight excluding hydrogens is 829 g/mol. The first-order valence-electron chi connectivity index (χ1n) is 20.5. The number of amides is 2. The first-order valence-corrected chi connectivity index (χ1v) is 20.5. The second-order valence-electron chi connectivity index (χ2n) is 17.2. The number of nitrogens with one attached hydrogen (secondary N) is 6. The van der Waals surface area contributed by atoms with E-state index in [4.69, 9.17) is 9.47 Å². The van der Waals surface area contributed by atoms with Crippen molar-refractivity contribution in [3.05, 3.63) is 156 Å². The van der Waals surface area contributed by atoms with Crippen LogP contribution in [0.4, 0.5) is 27.2 Å². The number of carbonyl (C=O) groups excluding carboxylic acids is 2. The molecular formula is C48H48F4N8O4. The lowest BCUT2D eigenvalue weighted by molar-refractivity contribution is 0.0489. The molecule has 12 nitrogen and oxygen atoms in total. The van der Waals surface area contributed by atoms with Crippen LogP contribution < -0.4 is 10.6 Å². The van der Waals surface area contributed by atoms with Crippen molar-refractivity contribution in [2.24, 2.45) is 0 Å². The van der Waals surface area contributed by atoms with Gasteiger partial charge < -0.3 is 40.0 Å². The van der Waals surface area contributed by atoms with Crippen LogP contribution >= 0.6 is 0 Å². The zero-order valence-electron chi connectivity index (χ0n) is 36.0. The number of alkyl carbamates (subject to hydrolysis) is 2. The van der Waals surface area contributed by atoms with Gasteiger partial charge in [-0.15, -0.1) is 0 Å². The summed E-state index contributed by atoms with van der Waals surface area (Å²) in [7, 11) is 0. The third kappa shape index (κ3) is 11.2. The molecule has 0 aliphatic heterocycles. The van der Waals surface area contributed by atoms with E-state index >= 15 is 0 Å². The van der Waals surface area contributed by atoms with Gasteiger partial charge in [-0.2, -0.15) is 0 Å². The molecule has 8 aromatic rings. The average Bonchev–Trinajstić information content (AvgIpc) is 4.06. The maximum Gasteiger partial charge on any atom is 0.408 e. The van der Waals surface area contributed by atoms with Gasteiger partial charge in [-0.25, -0.2) is 37.1 Å². The van der Waals surface area contributed by atoms with Crippen molar-refractivity contribution in [2.45, 2.75) is 77.7 Å². The summed E-state index contributed by atoms with van der Waals surface area (Å²) in [6, 6.07) is 22.7. The lowest BCUT2D eigenvalue weighted by Gasteiger charge is -2.23. The van der Waals surface area contributed by atoms with Crippen LogP contribution in [0.1, 0.15) is 76.4 Å². The summed E-state index contributed by atoms with van der Waals surface area (Å²) in [4.78, 5) is 46.4. The monoisotopic (exact) mass is 876 g/mol. The van der Waals surface area contributed by atoms with E-state index in [-0.39, 0.29) is 12.8 Å². The highest BCUT2D eigenvalue weighted by Crippen LogP contribution is 2.29. The summed E-state index contributed by atoms with van der Waals surface area (Å²) in [5, 5.41) is 6.77. The Bertz CT molecular complexity index is 2680. The van der Waals surface area contributed by atoms with Gasteiger partial charge >= 0.3 is 12.2 Å². The molecule has 16 heteroatoms. The standard InChI is InChI=1S/2C24H24F2N4O2/c2*1-24(2,3)32-23(31)30-20(22-28-13-21(29-22)14-7-5-4-6-8-14)9-15-12-27-19-11-18(26)17(25)10-16(15)19/h2*4-8,10-13,20,27H,9H2,1-3H3,(H,28,29)(H,30,31)/t2*20-/m10/s1. The van der Waals surface area contributed by atoms with Gasteiger partial charge in [0, 0.05) is 59.2 Å². The number of aromatic nitrogens is 6. The Morgan fingerprint density at radius 3 is 1.30 bits per heavy atom. The Morgan fingerprint density at radius 2 is 0.938 bits per heavy atom. The van der Waals surface area contributed by atoms with Crippen LogP contribution in [0.15, 0.2) is 110 Å². The van der Waals surface area contributed by atoms with Crippen LogP contribution in [0.2, 0.25) is 0 Å². The van der Waals surface area contributed by atoms with Crippen LogP contribution in [-0.4, -0.2) is 53.3 Å². The van der Waals surface area contributed by atoms with Crippen LogP contribution in [-0.2, 0) is 22.3 Å². The Kier molecular flexibility index (Phi) is 13.0. The van der Waals surface area contributed by atoms with Crippen molar-refractivity contribution in [3.8, 4) is 22.5 Å². The van der Waals surface area contributed by atoms with Crippen molar-refractivity contribution in [2.75, 3.05) is 0 Å². The highest BCUT2D eigenvalue weighted by Gasteiger charge is 2.26. The third-order valence-corrected chi connectivity index (χ3v) is 9.87. The number of carbonyl (C=O) groups is 2. The van der Waals surface area contributed by atoms with Crippen molar-refractivity contribution in [1.29, 1.82) is 0 Å². The number of H-pyrrole nitrogens is 4. The first-order chi connectivity index (χ1) is 30.4. The number of hydrogen-bond acceptors (Lipinski definition) is 6. The van der Waals surface area contributed by atoms with Gasteiger partial charge in [-0.05, 0) is 75.9 Å². The smallest absolute Gasteiger partial charge is 0.408 e. The molecule has 64 heavy (non-hydrogen) atoms. The molecule has 0 bridgehead atoms. The second kappa shape index (κ2) is 18.5. The molecule has 0 spiro atoms. The molecule has 2 amide bonds. The van der Waals surface area contributed by atoms with Crippen LogP contribution in [0.3, 0.4) is 0 Å². The van der Waals surface area contributed by atoms with Crippen molar-refractivity contribution in [1.82, 2.24) is 40.5 Å². The van der Waals surface area contributed by atoms with Gasteiger partial charge in [0.05, 0.1) is 35.9 Å². The van der Waals surface area contributed by atoms with E-state index in [1.807, 2.05) is 60.7 Å². The molecule has 0 aliphatic rings. The zero-order chi connectivity index (χ0) is 45.8. The fourth-order valence-electron chi connectivity index (χ4n) is 7.01. The Labute approximate surface area is 366 Å². The number of benzene rings is 4. The quantitative estimate of drug-likeness (QED) is 0.0748. The summed E-state index contributed by atoms with van der Waals surface area (Å²) >= 11 is 0. The molecule has 6 N–H and O–H groups in total. The number of fused-ring (bicyclic) bond motifs is 2. The summed E-state index contributed by atoms with van der Waals surface area (Å²) < 4.78 is 65.7. The highest BCUT2D eigenvalue weighted by atomic mass is 19.2. The molecule has 0 saturated heterocycles. The van der Waals surface area contributed by atoms with Gasteiger partial charge in [-0.3, -0.25) is 0 Å². The van der Waals surface area contributed by atoms with E-state index in [2.05, 4.69) is 40.5 Å². The number of halogens is 4. The normalized spacial score (nSPS) is 12.7. The summed E-state index contributed by atoms with van der Waals surface area (Å²) in [6.45, 7) is 10.7. The fourth-order valence-corrected chi connectivity index (χ4v) is 7.01. The van der Waals surface area contributed by atoms with E-state index in [1.165, 1.54) is 0 Å². The number of imidazole rings is 2. The van der Waals surface area contributed by atoms with E-state index < -0.39 is 58.7 Å². The van der Waals surface area contributed by atoms with E-state index in [0.717, 1.165) is 46.8 Å². The molecule has 4 aromatic carbocycles. The molecule has 0 radical (unpaired) electrons. The maximum absolute atomic E-state index is 13.9. The van der Waals surface area contributed by atoms with E-state index in [0.29, 0.717) is 44.6 Å². The minimum Gasteiger partial charge on any atom is -0.444 e. The first kappa shape index (κ1) is 44.7. The summed E-state index contributed by atoms with van der Waals surface area (Å²) in [6.07, 6.45) is 6.10. The van der Waals surface area contributed by atoms with Gasteiger partial charge in [0.15, 0.2) is 23.3 Å². The molecule has 332 valence electrons. The highest BCUT2D eigenvalue weighted by molar-refractivity contribution is 5.84. The number of aromatic amines is 4. The Morgan fingerprint density at radius 1 is 0.578 bits per heavy atom. The van der Waals surface area contributed by atoms with Crippen LogP contribution in [0.25, 0.3) is 44.3 Å². The molecule has 4 aromatic heterocycles. The lowest BCUT2D eigenvalue weighted by Crippen LogP contribution is -2.36. The van der Waals surface area contributed by atoms with Gasteiger partial charge in [0.25, 0.3) is 0 Å². The second-order valence-corrected chi connectivity index (χ2v) is 17.2. The van der Waals surface area contributed by atoms with Crippen molar-refractivity contribution in [3.63, 3.8) is 0 Å². The topological polar surface area (TPSA) is 166 Å². The largest absolute Gasteiger partial charge is 0.444 e. The van der Waals surface area contributed by atoms with E-state index in [9.17, 15) is 27.2 Å². The Hall–Kier alpha value is -7.36. The number of ether oxygens (including phenoxy) is 2. The summed E-state index contributed by atoms with van der Waals surface area (Å²) in [5.74, 6) is -2.67. The van der Waals surface area contributed by atoms with Gasteiger partial charge in [0.2, 0.25) is 0 Å². The third-order valence-electron chi connectivity index (χ3n) is 9.87. The maximum atomic E-state index is 13.9. The van der Waals surface area contributed by atoms with Crippen LogP contribution in [0.5, 0.6) is 0 Å². The minimum atomic E-state index is -0.931. The number of nitrogens with zero attached hydrogens (tertiary/aromatic N) is 2. The predicted octanol–water partition coefficient (Wildman–Crippen LogP) is 11.3. The molecule has 0 saturated carbocycles. The molecule has 0 unspecified atom stereocenters.